The number of nitrogens with two attached hydrogens (primary N) is 1. The van der Waals surface area contributed by atoms with Gasteiger partial charge in [0.15, 0.2) is 5.96 Å². The molecule has 1 atom stereocenters. The van der Waals surface area contributed by atoms with Crippen LogP contribution in [0.1, 0.15) is 39.5 Å². The molecular formula is C15H22FN3. The average Bonchev–Trinajstić information content (AvgIpc) is 2.66. The van der Waals surface area contributed by atoms with Crippen LogP contribution < -0.4 is 10.6 Å². The Balaban J connectivity index is 2.21. The molecule has 0 saturated heterocycles. The molecule has 0 radical (unpaired) electrons. The SMILES string of the molecule is CCCCCC1(C)CN=C(N)N1c1cccc(F)c1. The highest BCUT2D eigenvalue weighted by Crippen LogP contribution is 2.32. The van der Waals surface area contributed by atoms with Gasteiger partial charge in [-0.3, -0.25) is 4.99 Å². The molecule has 104 valence electrons. The number of hydrogen-bond acceptors (Lipinski definition) is 3. The number of halogens is 1. The number of unbranched alkanes of at least 4 members (excludes halogenated alkanes) is 2. The molecule has 0 aliphatic carbocycles. The molecule has 19 heavy (non-hydrogen) atoms. The van der Waals surface area contributed by atoms with E-state index in [9.17, 15) is 4.39 Å². The largest absolute Gasteiger partial charge is 0.369 e. The quantitative estimate of drug-likeness (QED) is 0.828. The Morgan fingerprint density at radius 2 is 2.21 bits per heavy atom. The minimum atomic E-state index is -0.242. The standard InChI is InChI=1S/C15H22FN3/c1-3-4-5-9-15(2)11-18-14(17)19(15)13-8-6-7-12(16)10-13/h6-8,10H,3-5,9,11H2,1-2H3,(H2,17,18). The Morgan fingerprint density at radius 3 is 2.89 bits per heavy atom. The van der Waals surface area contributed by atoms with Crippen molar-refractivity contribution in [1.29, 1.82) is 0 Å². The lowest BCUT2D eigenvalue weighted by Gasteiger charge is -2.36. The van der Waals surface area contributed by atoms with Crippen LogP contribution in [-0.4, -0.2) is 18.0 Å². The number of hydrogen-bond donors (Lipinski definition) is 1. The van der Waals surface area contributed by atoms with Crippen molar-refractivity contribution >= 4 is 11.6 Å². The number of aliphatic imine (C=N–C) groups is 1. The van der Waals surface area contributed by atoms with Crippen molar-refractivity contribution in [3.8, 4) is 0 Å². The first-order valence-electron chi connectivity index (χ1n) is 6.92. The number of guanidine groups is 1. The summed E-state index contributed by atoms with van der Waals surface area (Å²) in [6, 6.07) is 6.56. The van der Waals surface area contributed by atoms with Crippen LogP contribution in [0.15, 0.2) is 29.3 Å². The summed E-state index contributed by atoms with van der Waals surface area (Å²) in [7, 11) is 0. The van der Waals surface area contributed by atoms with Crippen LogP contribution >= 0.6 is 0 Å². The van der Waals surface area contributed by atoms with Gasteiger partial charge in [0, 0.05) is 5.69 Å². The second-order valence-corrected chi connectivity index (χ2v) is 5.44. The lowest BCUT2D eigenvalue weighted by molar-refractivity contribution is 0.438. The molecule has 0 bridgehead atoms. The topological polar surface area (TPSA) is 41.6 Å². The smallest absolute Gasteiger partial charge is 0.196 e. The third-order valence-corrected chi connectivity index (χ3v) is 3.74. The van der Waals surface area contributed by atoms with E-state index in [2.05, 4.69) is 18.8 Å². The fourth-order valence-corrected chi connectivity index (χ4v) is 2.68. The molecule has 3 nitrogen and oxygen atoms in total. The van der Waals surface area contributed by atoms with Gasteiger partial charge in [0.05, 0.1) is 12.1 Å². The molecule has 1 heterocycles. The summed E-state index contributed by atoms with van der Waals surface area (Å²) in [6.45, 7) is 5.02. The summed E-state index contributed by atoms with van der Waals surface area (Å²) in [6.07, 6.45) is 4.54. The lowest BCUT2D eigenvalue weighted by atomic mass is 9.93. The van der Waals surface area contributed by atoms with E-state index in [1.807, 2.05) is 11.0 Å². The van der Waals surface area contributed by atoms with Crippen LogP contribution in [-0.2, 0) is 0 Å². The third kappa shape index (κ3) is 2.88. The Hall–Kier alpha value is -1.58. The van der Waals surface area contributed by atoms with Crippen molar-refractivity contribution in [3.63, 3.8) is 0 Å². The minimum Gasteiger partial charge on any atom is -0.369 e. The fourth-order valence-electron chi connectivity index (χ4n) is 2.68. The van der Waals surface area contributed by atoms with Crippen LogP contribution in [0.3, 0.4) is 0 Å². The summed E-state index contributed by atoms with van der Waals surface area (Å²) in [5.74, 6) is 0.248. The zero-order chi connectivity index (χ0) is 13.9. The second-order valence-electron chi connectivity index (χ2n) is 5.44. The molecule has 0 aromatic heterocycles. The van der Waals surface area contributed by atoms with Gasteiger partial charge in [-0.25, -0.2) is 4.39 Å². The van der Waals surface area contributed by atoms with Crippen molar-refractivity contribution in [2.24, 2.45) is 10.7 Å². The molecule has 0 spiro atoms. The van der Waals surface area contributed by atoms with E-state index in [0.29, 0.717) is 12.5 Å². The summed E-state index contributed by atoms with van der Waals surface area (Å²) in [5, 5.41) is 0. The van der Waals surface area contributed by atoms with Crippen molar-refractivity contribution < 1.29 is 4.39 Å². The summed E-state index contributed by atoms with van der Waals surface area (Å²) in [4.78, 5) is 6.33. The first-order chi connectivity index (χ1) is 9.07. The van der Waals surface area contributed by atoms with Gasteiger partial charge in [-0.1, -0.05) is 32.3 Å². The maximum atomic E-state index is 13.4. The predicted octanol–water partition coefficient (Wildman–Crippen LogP) is 3.30. The van der Waals surface area contributed by atoms with Crippen LogP contribution in [0.25, 0.3) is 0 Å². The van der Waals surface area contributed by atoms with Gasteiger partial charge in [-0.05, 0) is 31.5 Å². The fraction of sp³-hybridized carbons (Fsp3) is 0.533. The van der Waals surface area contributed by atoms with Gasteiger partial charge in [0.1, 0.15) is 5.82 Å². The van der Waals surface area contributed by atoms with Crippen LogP contribution in [0.2, 0.25) is 0 Å². The Kier molecular flexibility index (Phi) is 4.08. The van der Waals surface area contributed by atoms with Crippen LogP contribution in [0.4, 0.5) is 10.1 Å². The zero-order valence-corrected chi connectivity index (χ0v) is 11.7. The summed E-state index contributed by atoms with van der Waals surface area (Å²) < 4.78 is 13.4. The van der Waals surface area contributed by atoms with E-state index in [-0.39, 0.29) is 11.4 Å². The molecule has 4 heteroatoms. The molecule has 1 aliphatic heterocycles. The molecule has 2 rings (SSSR count). The van der Waals surface area contributed by atoms with Crippen molar-refractivity contribution in [2.45, 2.75) is 45.1 Å². The van der Waals surface area contributed by atoms with E-state index < -0.39 is 0 Å². The molecule has 2 N–H and O–H groups in total. The van der Waals surface area contributed by atoms with Crippen LogP contribution in [0, 0.1) is 5.82 Å². The highest BCUT2D eigenvalue weighted by molar-refractivity contribution is 5.98. The Labute approximate surface area is 114 Å². The molecule has 1 aromatic carbocycles. The molecule has 1 unspecified atom stereocenters. The van der Waals surface area contributed by atoms with E-state index in [4.69, 9.17) is 5.73 Å². The summed E-state index contributed by atoms with van der Waals surface area (Å²) >= 11 is 0. The number of nitrogens with zero attached hydrogens (tertiary/aromatic N) is 2. The van der Waals surface area contributed by atoms with Gasteiger partial charge in [0.25, 0.3) is 0 Å². The highest BCUT2D eigenvalue weighted by Gasteiger charge is 2.38. The molecule has 0 fully saturated rings. The number of rotatable bonds is 5. The highest BCUT2D eigenvalue weighted by atomic mass is 19.1. The summed E-state index contributed by atoms with van der Waals surface area (Å²) in [5.41, 5.74) is 6.65. The second kappa shape index (κ2) is 5.59. The number of anilines is 1. The Morgan fingerprint density at radius 1 is 1.42 bits per heavy atom. The maximum Gasteiger partial charge on any atom is 0.196 e. The van der Waals surface area contributed by atoms with E-state index >= 15 is 0 Å². The van der Waals surface area contributed by atoms with Gasteiger partial charge in [-0.2, -0.15) is 0 Å². The minimum absolute atomic E-state index is 0.132. The van der Waals surface area contributed by atoms with E-state index in [1.54, 1.807) is 6.07 Å². The van der Waals surface area contributed by atoms with Gasteiger partial charge in [-0.15, -0.1) is 0 Å². The first kappa shape index (κ1) is 13.8. The normalized spacial score (nSPS) is 22.7. The van der Waals surface area contributed by atoms with Crippen molar-refractivity contribution in [2.75, 3.05) is 11.4 Å². The van der Waals surface area contributed by atoms with Crippen LogP contribution in [0.5, 0.6) is 0 Å². The molecule has 0 amide bonds. The van der Waals surface area contributed by atoms with Gasteiger partial charge < -0.3 is 10.6 Å². The van der Waals surface area contributed by atoms with E-state index in [0.717, 1.165) is 18.5 Å². The molecular weight excluding hydrogens is 241 g/mol. The zero-order valence-electron chi connectivity index (χ0n) is 11.7. The third-order valence-electron chi connectivity index (χ3n) is 3.74. The molecule has 0 saturated carbocycles. The maximum absolute atomic E-state index is 13.4. The lowest BCUT2D eigenvalue weighted by Crippen LogP contribution is -2.50. The Bertz CT molecular complexity index is 472. The molecule has 1 aromatic rings. The van der Waals surface area contributed by atoms with Gasteiger partial charge in [0.2, 0.25) is 0 Å². The number of benzene rings is 1. The van der Waals surface area contributed by atoms with Gasteiger partial charge >= 0.3 is 0 Å². The van der Waals surface area contributed by atoms with Crippen molar-refractivity contribution in [1.82, 2.24) is 0 Å². The molecule has 1 aliphatic rings. The first-order valence-corrected chi connectivity index (χ1v) is 6.92. The van der Waals surface area contributed by atoms with Crippen molar-refractivity contribution in [3.05, 3.63) is 30.1 Å². The monoisotopic (exact) mass is 263 g/mol. The average molecular weight is 263 g/mol. The van der Waals surface area contributed by atoms with E-state index in [1.165, 1.54) is 25.0 Å². The predicted molar refractivity (Wildman–Crippen MR) is 77.9 cm³/mol.